The fraction of sp³-hybridized carbons (Fsp3) is 0.360. The van der Waals surface area contributed by atoms with Crippen molar-refractivity contribution >= 4 is 28.8 Å². The molecule has 6 heteroatoms. The van der Waals surface area contributed by atoms with Crippen LogP contribution in [0.15, 0.2) is 54.2 Å². The van der Waals surface area contributed by atoms with E-state index < -0.39 is 0 Å². The number of hydrogen-bond donors (Lipinski definition) is 0. The molecule has 0 atom stereocenters. The van der Waals surface area contributed by atoms with Gasteiger partial charge in [0, 0.05) is 32.9 Å². The van der Waals surface area contributed by atoms with Gasteiger partial charge in [-0.05, 0) is 60.7 Å². The zero-order valence-corrected chi connectivity index (χ0v) is 18.6. The third-order valence-corrected chi connectivity index (χ3v) is 6.16. The van der Waals surface area contributed by atoms with Crippen LogP contribution < -0.4 is 14.5 Å². The lowest BCUT2D eigenvalue weighted by molar-refractivity contribution is -0.120. The number of nitrogens with zero attached hydrogens (tertiary/aromatic N) is 3. The van der Waals surface area contributed by atoms with Crippen molar-refractivity contribution in [2.24, 2.45) is 5.92 Å². The molecule has 4 rings (SSSR count). The predicted molar refractivity (Wildman–Crippen MR) is 123 cm³/mol. The lowest BCUT2D eigenvalue weighted by Crippen LogP contribution is -2.38. The summed E-state index contributed by atoms with van der Waals surface area (Å²) in [4.78, 5) is 32.6. The van der Waals surface area contributed by atoms with Gasteiger partial charge < -0.3 is 14.5 Å². The second kappa shape index (κ2) is 8.46. The maximum atomic E-state index is 13.6. The molecule has 31 heavy (non-hydrogen) atoms. The molecule has 0 saturated carbocycles. The summed E-state index contributed by atoms with van der Waals surface area (Å²) in [6.45, 7) is 3.79. The molecule has 1 saturated heterocycles. The smallest absolute Gasteiger partial charge is 0.282 e. The number of carbonyl (C=O) groups is 2. The summed E-state index contributed by atoms with van der Waals surface area (Å²) >= 11 is 0. The monoisotopic (exact) mass is 419 g/mol. The number of amides is 2. The van der Waals surface area contributed by atoms with Gasteiger partial charge in [-0.3, -0.25) is 9.59 Å². The Bertz CT molecular complexity index is 1000. The van der Waals surface area contributed by atoms with Gasteiger partial charge in [0.25, 0.3) is 11.8 Å². The highest BCUT2D eigenvalue weighted by molar-refractivity contribution is 6.45. The van der Waals surface area contributed by atoms with E-state index in [1.54, 1.807) is 7.11 Å². The molecule has 0 aromatic heterocycles. The van der Waals surface area contributed by atoms with Gasteiger partial charge in [0.1, 0.15) is 11.4 Å². The van der Waals surface area contributed by atoms with E-state index in [1.807, 2.05) is 67.5 Å². The second-order valence-corrected chi connectivity index (χ2v) is 8.48. The standard InChI is InChI=1S/C25H29N3O3/c1-17-13-15-27(16-14-17)23-22(18-5-11-21(31-4)12-6-18)24(29)28(25(23)30)20-9-7-19(8-10-20)26(2)3/h5-12,17H,13-16H2,1-4H3. The van der Waals surface area contributed by atoms with Crippen molar-refractivity contribution in [3.8, 4) is 5.75 Å². The van der Waals surface area contributed by atoms with Crippen LogP contribution >= 0.6 is 0 Å². The first-order valence-corrected chi connectivity index (χ1v) is 10.7. The quantitative estimate of drug-likeness (QED) is 0.691. The number of hydrogen-bond acceptors (Lipinski definition) is 5. The summed E-state index contributed by atoms with van der Waals surface area (Å²) in [6, 6.07) is 14.9. The molecule has 6 nitrogen and oxygen atoms in total. The first-order chi connectivity index (χ1) is 14.9. The molecule has 2 aromatic rings. The maximum Gasteiger partial charge on any atom is 0.282 e. The molecule has 2 heterocycles. The zero-order valence-electron chi connectivity index (χ0n) is 18.6. The minimum absolute atomic E-state index is 0.247. The predicted octanol–water partition coefficient (Wildman–Crippen LogP) is 3.78. The minimum atomic E-state index is -0.276. The van der Waals surface area contributed by atoms with Gasteiger partial charge in [0.05, 0.1) is 18.4 Å². The van der Waals surface area contributed by atoms with Crippen LogP contribution in [0.25, 0.3) is 5.57 Å². The molecular weight excluding hydrogens is 390 g/mol. The van der Waals surface area contributed by atoms with E-state index in [0.29, 0.717) is 28.6 Å². The van der Waals surface area contributed by atoms with Gasteiger partial charge in [-0.1, -0.05) is 19.1 Å². The van der Waals surface area contributed by atoms with E-state index in [-0.39, 0.29) is 11.8 Å². The Hall–Kier alpha value is -3.28. The topological polar surface area (TPSA) is 53.1 Å². The number of anilines is 2. The van der Waals surface area contributed by atoms with Crippen LogP contribution in [0.1, 0.15) is 25.3 Å². The van der Waals surface area contributed by atoms with Gasteiger partial charge in [0.2, 0.25) is 0 Å². The van der Waals surface area contributed by atoms with Gasteiger partial charge >= 0.3 is 0 Å². The third-order valence-electron chi connectivity index (χ3n) is 6.16. The molecule has 2 aliphatic heterocycles. The summed E-state index contributed by atoms with van der Waals surface area (Å²) < 4.78 is 5.26. The average Bonchev–Trinajstić information content (AvgIpc) is 3.04. The maximum absolute atomic E-state index is 13.6. The minimum Gasteiger partial charge on any atom is -0.497 e. The van der Waals surface area contributed by atoms with E-state index in [1.165, 1.54) is 4.90 Å². The summed E-state index contributed by atoms with van der Waals surface area (Å²) in [5.74, 6) is 0.818. The number of likely N-dealkylation sites (tertiary alicyclic amines) is 1. The van der Waals surface area contributed by atoms with Crippen LogP contribution in [0.2, 0.25) is 0 Å². The van der Waals surface area contributed by atoms with E-state index >= 15 is 0 Å². The molecule has 0 spiro atoms. The van der Waals surface area contributed by atoms with Crippen molar-refractivity contribution < 1.29 is 14.3 Å². The number of ether oxygens (including phenoxy) is 1. The van der Waals surface area contributed by atoms with E-state index in [9.17, 15) is 9.59 Å². The van der Waals surface area contributed by atoms with Gasteiger partial charge in [0.15, 0.2) is 0 Å². The summed E-state index contributed by atoms with van der Waals surface area (Å²) in [7, 11) is 5.53. The normalized spacial score (nSPS) is 17.5. The third kappa shape index (κ3) is 3.90. The second-order valence-electron chi connectivity index (χ2n) is 8.48. The highest BCUT2D eigenvalue weighted by atomic mass is 16.5. The molecular formula is C25H29N3O3. The molecule has 2 amide bonds. The Labute approximate surface area is 183 Å². The van der Waals surface area contributed by atoms with Crippen molar-refractivity contribution in [3.05, 3.63) is 59.8 Å². The molecule has 0 N–H and O–H groups in total. The first-order valence-electron chi connectivity index (χ1n) is 10.7. The van der Waals surface area contributed by atoms with Gasteiger partial charge in [-0.25, -0.2) is 4.90 Å². The molecule has 0 unspecified atom stereocenters. The Morgan fingerprint density at radius 1 is 0.903 bits per heavy atom. The van der Waals surface area contributed by atoms with Crippen LogP contribution in [-0.4, -0.2) is 51.0 Å². The van der Waals surface area contributed by atoms with Crippen LogP contribution in [0.3, 0.4) is 0 Å². The van der Waals surface area contributed by atoms with Crippen molar-refractivity contribution in [3.63, 3.8) is 0 Å². The van der Waals surface area contributed by atoms with Crippen LogP contribution in [0.4, 0.5) is 11.4 Å². The highest BCUT2D eigenvalue weighted by Crippen LogP contribution is 2.37. The molecule has 162 valence electrons. The summed E-state index contributed by atoms with van der Waals surface area (Å²) in [5.41, 5.74) is 3.32. The van der Waals surface area contributed by atoms with Crippen LogP contribution in [-0.2, 0) is 9.59 Å². The average molecular weight is 420 g/mol. The first kappa shape index (κ1) is 21.0. The number of benzene rings is 2. The molecule has 2 aliphatic rings. The largest absolute Gasteiger partial charge is 0.497 e. The number of imide groups is 1. The summed E-state index contributed by atoms with van der Waals surface area (Å²) in [6.07, 6.45) is 2.02. The Morgan fingerprint density at radius 3 is 2.06 bits per heavy atom. The van der Waals surface area contributed by atoms with Crippen LogP contribution in [0, 0.1) is 5.92 Å². The van der Waals surface area contributed by atoms with E-state index in [4.69, 9.17) is 4.74 Å². The number of methoxy groups -OCH3 is 1. The Balaban J connectivity index is 1.76. The Morgan fingerprint density at radius 2 is 1.52 bits per heavy atom. The molecule has 2 aromatic carbocycles. The molecule has 0 radical (unpaired) electrons. The van der Waals surface area contributed by atoms with Crippen LogP contribution in [0.5, 0.6) is 5.75 Å². The van der Waals surface area contributed by atoms with Crippen molar-refractivity contribution in [2.75, 3.05) is 44.1 Å². The van der Waals surface area contributed by atoms with E-state index in [2.05, 4.69) is 11.8 Å². The highest BCUT2D eigenvalue weighted by Gasteiger charge is 2.43. The molecule has 1 fully saturated rings. The van der Waals surface area contributed by atoms with Crippen molar-refractivity contribution in [1.82, 2.24) is 4.90 Å². The van der Waals surface area contributed by atoms with Gasteiger partial charge in [-0.15, -0.1) is 0 Å². The zero-order chi connectivity index (χ0) is 22.1. The lowest BCUT2D eigenvalue weighted by Gasteiger charge is -2.32. The number of rotatable bonds is 5. The van der Waals surface area contributed by atoms with E-state index in [0.717, 1.165) is 37.2 Å². The van der Waals surface area contributed by atoms with Crippen molar-refractivity contribution in [1.29, 1.82) is 0 Å². The fourth-order valence-corrected chi connectivity index (χ4v) is 4.20. The SMILES string of the molecule is COc1ccc(C2=C(N3CCC(C)CC3)C(=O)N(c3ccc(N(C)C)cc3)C2=O)cc1. The number of piperidine rings is 1. The fourth-order valence-electron chi connectivity index (χ4n) is 4.20. The van der Waals surface area contributed by atoms with Crippen molar-refractivity contribution in [2.45, 2.75) is 19.8 Å². The molecule has 0 bridgehead atoms. The summed E-state index contributed by atoms with van der Waals surface area (Å²) in [5, 5.41) is 0. The molecule has 0 aliphatic carbocycles. The van der Waals surface area contributed by atoms with Gasteiger partial charge in [-0.2, -0.15) is 0 Å². The lowest BCUT2D eigenvalue weighted by atomic mass is 9.97. The number of carbonyl (C=O) groups excluding carboxylic acids is 2. The Kier molecular flexibility index (Phi) is 5.72.